The van der Waals surface area contributed by atoms with Gasteiger partial charge in [0.15, 0.2) is 0 Å². The first-order valence-corrected chi connectivity index (χ1v) is 10.9. The molecule has 0 amide bonds. The molecule has 3 N–H and O–H groups in total. The summed E-state index contributed by atoms with van der Waals surface area (Å²) in [7, 11) is -8.01. The van der Waals surface area contributed by atoms with Crippen LogP contribution in [0, 0.1) is 0 Å². The van der Waals surface area contributed by atoms with Crippen LogP contribution in [0.3, 0.4) is 0 Å². The monoisotopic (exact) mass is 375 g/mol. The van der Waals surface area contributed by atoms with Crippen LogP contribution in [0.1, 0.15) is 12.8 Å². The Balaban J connectivity index is 2.61. The van der Waals surface area contributed by atoms with E-state index in [1.54, 1.807) is 0 Å². The highest BCUT2D eigenvalue weighted by molar-refractivity contribution is 7.86. The van der Waals surface area contributed by atoms with E-state index in [-0.39, 0.29) is 18.1 Å². The van der Waals surface area contributed by atoms with E-state index < -0.39 is 20.2 Å². The van der Waals surface area contributed by atoms with Crippen LogP contribution in [-0.4, -0.2) is 104 Å². The number of aliphatic hydroxyl groups is 1. The van der Waals surface area contributed by atoms with Crippen molar-refractivity contribution < 1.29 is 35.5 Å². The minimum absolute atomic E-state index is 0.0749. The second-order valence-corrected chi connectivity index (χ2v) is 9.22. The summed E-state index contributed by atoms with van der Waals surface area (Å²) in [5.74, 6) is -0.628. The highest BCUT2D eigenvalue weighted by atomic mass is 32.2. The number of hydrogen-bond acceptors (Lipinski definition) is 6. The molecule has 1 aliphatic rings. The van der Waals surface area contributed by atoms with E-state index in [9.17, 15) is 16.8 Å². The fourth-order valence-electron chi connectivity index (χ4n) is 3.02. The first kappa shape index (κ1) is 20.7. The molecule has 1 rings (SSSR count). The fourth-order valence-corrected chi connectivity index (χ4v) is 4.01. The van der Waals surface area contributed by atoms with Gasteiger partial charge in [-0.3, -0.25) is 14.0 Å². The zero-order chi connectivity index (χ0) is 17.6. The molecule has 1 aliphatic heterocycles. The Morgan fingerprint density at radius 2 is 1.30 bits per heavy atom. The molecule has 0 aliphatic carbocycles. The lowest BCUT2D eigenvalue weighted by Gasteiger charge is -2.45. The number of rotatable bonds is 10. The van der Waals surface area contributed by atoms with Gasteiger partial charge in [0, 0.05) is 32.5 Å². The van der Waals surface area contributed by atoms with Crippen LogP contribution < -0.4 is 0 Å². The lowest BCUT2D eigenvalue weighted by molar-refractivity contribution is -0.932. The first-order valence-electron chi connectivity index (χ1n) is 7.64. The third kappa shape index (κ3) is 8.94. The standard InChI is InChI=1S/C12H26N2O7S2/c15-10-5-13-3-8-14(9-4-13,6-1-11-22(16,17)18)7-2-12-23(19,20)21/h15H,1-12H2,(H-,16,17,18,19,20,21)/p+1. The summed E-state index contributed by atoms with van der Waals surface area (Å²) < 4.78 is 61.7. The Kier molecular flexibility index (Phi) is 7.84. The van der Waals surface area contributed by atoms with Gasteiger partial charge in [0.05, 0.1) is 44.3 Å². The van der Waals surface area contributed by atoms with Crippen LogP contribution in [0.15, 0.2) is 0 Å². The van der Waals surface area contributed by atoms with Gasteiger partial charge in [0.25, 0.3) is 20.2 Å². The molecule has 0 aromatic rings. The Bertz CT molecular complexity index is 514. The lowest BCUT2D eigenvalue weighted by Crippen LogP contribution is -2.60. The van der Waals surface area contributed by atoms with Crippen LogP contribution >= 0.6 is 0 Å². The van der Waals surface area contributed by atoms with Crippen LogP contribution in [0.25, 0.3) is 0 Å². The van der Waals surface area contributed by atoms with Crippen molar-refractivity contribution in [3.63, 3.8) is 0 Å². The zero-order valence-electron chi connectivity index (χ0n) is 13.2. The van der Waals surface area contributed by atoms with Gasteiger partial charge in [0.2, 0.25) is 0 Å². The summed E-state index contributed by atoms with van der Waals surface area (Å²) >= 11 is 0. The van der Waals surface area contributed by atoms with Gasteiger partial charge in [-0.2, -0.15) is 16.8 Å². The molecule has 1 fully saturated rings. The molecule has 0 aromatic heterocycles. The van der Waals surface area contributed by atoms with Crippen molar-refractivity contribution in [3.8, 4) is 0 Å². The summed E-state index contributed by atoms with van der Waals surface area (Å²) in [6, 6.07) is 0. The second kappa shape index (κ2) is 8.70. The van der Waals surface area contributed by atoms with Crippen LogP contribution in [0.5, 0.6) is 0 Å². The van der Waals surface area contributed by atoms with Crippen molar-refractivity contribution in [3.05, 3.63) is 0 Å². The average Bonchev–Trinajstić information content (AvgIpc) is 2.39. The molecule has 0 unspecified atom stereocenters. The molecule has 138 valence electrons. The van der Waals surface area contributed by atoms with Gasteiger partial charge in [0.1, 0.15) is 0 Å². The van der Waals surface area contributed by atoms with E-state index in [2.05, 4.69) is 4.90 Å². The van der Waals surface area contributed by atoms with E-state index in [4.69, 9.17) is 14.2 Å². The van der Waals surface area contributed by atoms with E-state index >= 15 is 0 Å². The van der Waals surface area contributed by atoms with Crippen molar-refractivity contribution in [2.24, 2.45) is 0 Å². The van der Waals surface area contributed by atoms with E-state index in [0.717, 1.165) is 26.2 Å². The number of piperazine rings is 1. The van der Waals surface area contributed by atoms with Gasteiger partial charge in [-0.05, 0) is 0 Å². The first-order chi connectivity index (χ1) is 10.6. The lowest BCUT2D eigenvalue weighted by atomic mass is 10.2. The van der Waals surface area contributed by atoms with Crippen molar-refractivity contribution in [1.82, 2.24) is 4.90 Å². The van der Waals surface area contributed by atoms with Crippen molar-refractivity contribution in [1.29, 1.82) is 0 Å². The molecular formula is C12H27N2O7S2+. The van der Waals surface area contributed by atoms with Crippen LogP contribution in [0.2, 0.25) is 0 Å². The number of aliphatic hydroxyl groups excluding tert-OH is 1. The molecule has 0 aromatic carbocycles. The molecule has 1 saturated heterocycles. The maximum atomic E-state index is 10.9. The second-order valence-electron chi connectivity index (χ2n) is 6.08. The summed E-state index contributed by atoms with van der Waals surface area (Å²) in [4.78, 5) is 2.10. The van der Waals surface area contributed by atoms with E-state index in [1.165, 1.54) is 0 Å². The van der Waals surface area contributed by atoms with Crippen molar-refractivity contribution in [2.45, 2.75) is 12.8 Å². The molecule has 0 bridgehead atoms. The predicted octanol–water partition coefficient (Wildman–Crippen LogP) is -1.33. The predicted molar refractivity (Wildman–Crippen MR) is 85.3 cm³/mol. The number of quaternary nitrogens is 1. The molecule has 0 saturated carbocycles. The summed E-state index contributed by atoms with van der Waals surface area (Å²) in [6.07, 6.45) is 0.593. The minimum Gasteiger partial charge on any atom is -0.395 e. The third-order valence-corrected chi connectivity index (χ3v) is 5.88. The summed E-state index contributed by atoms with van der Waals surface area (Å²) in [5.41, 5.74) is 0. The van der Waals surface area contributed by atoms with Gasteiger partial charge >= 0.3 is 0 Å². The maximum absolute atomic E-state index is 10.9. The quantitative estimate of drug-likeness (QED) is 0.316. The van der Waals surface area contributed by atoms with E-state index in [1.807, 2.05) is 0 Å². The Morgan fingerprint density at radius 1 is 0.870 bits per heavy atom. The van der Waals surface area contributed by atoms with Gasteiger partial charge in [-0.25, -0.2) is 0 Å². The van der Waals surface area contributed by atoms with Gasteiger partial charge < -0.3 is 9.59 Å². The fraction of sp³-hybridized carbons (Fsp3) is 1.00. The SMILES string of the molecule is O=S(=O)(O)CCC[N+]1(CCCS(=O)(=O)O)CCN(CCO)CC1. The number of β-amino-alcohol motifs (C(OH)–C–C–N with tert-alkyl or cyclic N) is 1. The zero-order valence-corrected chi connectivity index (χ0v) is 14.8. The highest BCUT2D eigenvalue weighted by Gasteiger charge is 2.32. The smallest absolute Gasteiger partial charge is 0.265 e. The average molecular weight is 375 g/mol. The molecular weight excluding hydrogens is 348 g/mol. The molecule has 0 radical (unpaired) electrons. The molecule has 0 spiro atoms. The summed E-state index contributed by atoms with van der Waals surface area (Å²) in [5, 5.41) is 8.97. The Labute approximate surface area is 138 Å². The van der Waals surface area contributed by atoms with Crippen molar-refractivity contribution >= 4 is 20.2 Å². The molecule has 0 atom stereocenters. The van der Waals surface area contributed by atoms with Gasteiger partial charge in [-0.1, -0.05) is 0 Å². The van der Waals surface area contributed by atoms with Crippen LogP contribution in [-0.2, 0) is 20.2 Å². The topological polar surface area (TPSA) is 132 Å². The number of nitrogens with zero attached hydrogens (tertiary/aromatic N) is 2. The maximum Gasteiger partial charge on any atom is 0.265 e. The normalized spacial score (nSPS) is 19.8. The van der Waals surface area contributed by atoms with Crippen molar-refractivity contribution in [2.75, 3.05) is 63.9 Å². The van der Waals surface area contributed by atoms with E-state index in [0.29, 0.717) is 37.0 Å². The van der Waals surface area contributed by atoms with Gasteiger partial charge in [-0.15, -0.1) is 0 Å². The molecule has 11 heteroatoms. The minimum atomic E-state index is -4.00. The highest BCUT2D eigenvalue weighted by Crippen LogP contribution is 2.16. The number of hydrogen-bond donors (Lipinski definition) is 3. The largest absolute Gasteiger partial charge is 0.395 e. The molecule has 9 nitrogen and oxygen atoms in total. The Morgan fingerprint density at radius 3 is 1.65 bits per heavy atom. The Hall–Kier alpha value is -0.300. The third-order valence-electron chi connectivity index (χ3n) is 4.27. The molecule has 23 heavy (non-hydrogen) atoms. The molecule has 1 heterocycles. The summed E-state index contributed by atoms with van der Waals surface area (Å²) in [6.45, 7) is 4.61. The van der Waals surface area contributed by atoms with Crippen LogP contribution in [0.4, 0.5) is 0 Å².